The molecule has 0 atom stereocenters. The number of hydrogen-bond donors (Lipinski definition) is 2. The fourth-order valence-electron chi connectivity index (χ4n) is 1.59. The minimum Gasteiger partial charge on any atom is -0.326 e. The highest BCUT2D eigenvalue weighted by Crippen LogP contribution is 2.18. The molecule has 0 aliphatic rings. The van der Waals surface area contributed by atoms with E-state index in [0.717, 1.165) is 9.13 Å². The topological polar surface area (TPSA) is 72.2 Å². The molecule has 0 aliphatic carbocycles. The van der Waals surface area contributed by atoms with E-state index in [4.69, 9.17) is 5.73 Å². The van der Waals surface area contributed by atoms with Crippen molar-refractivity contribution in [3.8, 4) is 0 Å². The van der Waals surface area contributed by atoms with Gasteiger partial charge < -0.3 is 5.73 Å². The van der Waals surface area contributed by atoms with E-state index in [2.05, 4.69) is 27.3 Å². The molecule has 2 aromatic rings. The summed E-state index contributed by atoms with van der Waals surface area (Å²) in [7, 11) is -3.55. The molecule has 0 spiro atoms. The van der Waals surface area contributed by atoms with Crippen LogP contribution in [0.4, 0.5) is 5.69 Å². The predicted molar refractivity (Wildman–Crippen MR) is 84.3 cm³/mol. The summed E-state index contributed by atoms with van der Waals surface area (Å²) in [5.74, 6) is 0. The molecule has 0 unspecified atom stereocenters. The monoisotopic (exact) mass is 388 g/mol. The third kappa shape index (κ3) is 3.68. The van der Waals surface area contributed by atoms with Crippen LogP contribution in [0.3, 0.4) is 0 Å². The first-order valence-electron chi connectivity index (χ1n) is 5.59. The van der Waals surface area contributed by atoms with Crippen molar-refractivity contribution in [1.29, 1.82) is 0 Å². The van der Waals surface area contributed by atoms with Gasteiger partial charge >= 0.3 is 0 Å². The van der Waals surface area contributed by atoms with Gasteiger partial charge in [-0.1, -0.05) is 12.1 Å². The summed E-state index contributed by atoms with van der Waals surface area (Å²) in [5.41, 5.74) is 6.93. The molecule has 0 saturated carbocycles. The predicted octanol–water partition coefficient (Wildman–Crippen LogP) is 2.55. The zero-order chi connectivity index (χ0) is 13.9. The van der Waals surface area contributed by atoms with E-state index in [1.807, 2.05) is 6.07 Å². The van der Waals surface area contributed by atoms with Crippen molar-refractivity contribution < 1.29 is 8.42 Å². The molecule has 0 aliphatic heterocycles. The molecule has 3 N–H and O–H groups in total. The van der Waals surface area contributed by atoms with Crippen LogP contribution in [0, 0.1) is 3.57 Å². The molecule has 0 aromatic heterocycles. The maximum atomic E-state index is 12.2. The van der Waals surface area contributed by atoms with Gasteiger partial charge in [-0.2, -0.15) is 0 Å². The second kappa shape index (κ2) is 5.89. The van der Waals surface area contributed by atoms with Gasteiger partial charge in [0.25, 0.3) is 10.0 Å². The van der Waals surface area contributed by atoms with Crippen molar-refractivity contribution in [2.45, 2.75) is 11.4 Å². The Kier molecular flexibility index (Phi) is 4.43. The third-order valence-corrected chi connectivity index (χ3v) is 4.66. The van der Waals surface area contributed by atoms with E-state index >= 15 is 0 Å². The van der Waals surface area contributed by atoms with Crippen LogP contribution in [0.2, 0.25) is 0 Å². The lowest BCUT2D eigenvalue weighted by atomic mass is 10.2. The van der Waals surface area contributed by atoms with Gasteiger partial charge in [-0.3, -0.25) is 4.72 Å². The Balaban J connectivity index is 2.28. The Labute approximate surface area is 126 Å². The van der Waals surface area contributed by atoms with Crippen molar-refractivity contribution in [3.05, 3.63) is 57.7 Å². The first kappa shape index (κ1) is 14.3. The fraction of sp³-hybridized carbons (Fsp3) is 0.0769. The smallest absolute Gasteiger partial charge is 0.261 e. The van der Waals surface area contributed by atoms with Crippen molar-refractivity contribution in [2.75, 3.05) is 4.72 Å². The molecule has 0 fully saturated rings. The second-order valence-electron chi connectivity index (χ2n) is 3.96. The highest BCUT2D eigenvalue weighted by atomic mass is 127. The second-order valence-corrected chi connectivity index (χ2v) is 6.89. The molecule has 4 nitrogen and oxygen atoms in total. The first-order chi connectivity index (χ1) is 9.01. The lowest BCUT2D eigenvalue weighted by Gasteiger charge is -2.09. The van der Waals surface area contributed by atoms with Gasteiger partial charge in [0.2, 0.25) is 0 Å². The average Bonchev–Trinajstić information content (AvgIpc) is 2.39. The number of nitrogens with two attached hydrogens (primary N) is 1. The van der Waals surface area contributed by atoms with Gasteiger partial charge in [-0.25, -0.2) is 8.42 Å². The van der Waals surface area contributed by atoms with Crippen LogP contribution < -0.4 is 10.5 Å². The molecule has 0 heterocycles. The number of anilines is 1. The summed E-state index contributed by atoms with van der Waals surface area (Å²) in [6.45, 7) is 0.374. The van der Waals surface area contributed by atoms with Gasteiger partial charge in [0, 0.05) is 15.8 Å². The Morgan fingerprint density at radius 3 is 2.42 bits per heavy atom. The highest BCUT2D eigenvalue weighted by Gasteiger charge is 2.13. The largest absolute Gasteiger partial charge is 0.326 e. The van der Waals surface area contributed by atoms with E-state index < -0.39 is 10.0 Å². The van der Waals surface area contributed by atoms with Crippen molar-refractivity contribution in [1.82, 2.24) is 0 Å². The number of nitrogens with one attached hydrogen (secondary N) is 1. The van der Waals surface area contributed by atoms with E-state index in [1.165, 1.54) is 0 Å². The van der Waals surface area contributed by atoms with E-state index in [0.29, 0.717) is 12.2 Å². The molecule has 19 heavy (non-hydrogen) atoms. The van der Waals surface area contributed by atoms with Crippen molar-refractivity contribution in [2.24, 2.45) is 5.73 Å². The van der Waals surface area contributed by atoms with Crippen LogP contribution >= 0.6 is 22.6 Å². The van der Waals surface area contributed by atoms with Crippen LogP contribution in [-0.2, 0) is 16.6 Å². The number of halogens is 1. The van der Waals surface area contributed by atoms with Gasteiger partial charge in [-0.15, -0.1) is 0 Å². The van der Waals surface area contributed by atoms with Gasteiger partial charge in [-0.05, 0) is 64.6 Å². The first-order valence-corrected chi connectivity index (χ1v) is 8.15. The third-order valence-electron chi connectivity index (χ3n) is 2.54. The minimum atomic E-state index is -3.55. The Bertz CT molecular complexity index is 669. The van der Waals surface area contributed by atoms with Crippen LogP contribution in [0.5, 0.6) is 0 Å². The molecule has 100 valence electrons. The lowest BCUT2D eigenvalue weighted by Crippen LogP contribution is -2.13. The normalized spacial score (nSPS) is 11.3. The van der Waals surface area contributed by atoms with Crippen LogP contribution in [-0.4, -0.2) is 8.42 Å². The summed E-state index contributed by atoms with van der Waals surface area (Å²) < 4.78 is 27.9. The molecule has 0 amide bonds. The summed E-state index contributed by atoms with van der Waals surface area (Å²) in [5, 5.41) is 0. The van der Waals surface area contributed by atoms with Crippen molar-refractivity contribution >= 4 is 38.3 Å². The molecule has 2 rings (SSSR count). The Morgan fingerprint density at radius 2 is 1.79 bits per heavy atom. The Hall–Kier alpha value is -1.12. The molecule has 0 radical (unpaired) electrons. The number of hydrogen-bond acceptors (Lipinski definition) is 3. The molecular weight excluding hydrogens is 375 g/mol. The Morgan fingerprint density at radius 1 is 1.11 bits per heavy atom. The number of sulfonamides is 1. The van der Waals surface area contributed by atoms with Crippen LogP contribution in [0.15, 0.2) is 53.4 Å². The van der Waals surface area contributed by atoms with E-state index in [1.54, 1.807) is 42.5 Å². The SMILES string of the molecule is NCc1cccc(NS(=O)(=O)c2ccc(I)cc2)c1. The average molecular weight is 388 g/mol. The summed E-state index contributed by atoms with van der Waals surface area (Å²) in [6, 6.07) is 13.7. The van der Waals surface area contributed by atoms with Crippen LogP contribution in [0.1, 0.15) is 5.56 Å². The maximum absolute atomic E-state index is 12.2. The maximum Gasteiger partial charge on any atom is 0.261 e. The van der Waals surface area contributed by atoms with E-state index in [9.17, 15) is 8.42 Å². The molecule has 0 bridgehead atoms. The zero-order valence-electron chi connectivity index (χ0n) is 10.0. The molecular formula is C13H13IN2O2S. The van der Waals surface area contributed by atoms with Gasteiger partial charge in [0.05, 0.1) is 4.90 Å². The van der Waals surface area contributed by atoms with Crippen LogP contribution in [0.25, 0.3) is 0 Å². The highest BCUT2D eigenvalue weighted by molar-refractivity contribution is 14.1. The fourth-order valence-corrected chi connectivity index (χ4v) is 3.00. The summed E-state index contributed by atoms with van der Waals surface area (Å²) in [6.07, 6.45) is 0. The van der Waals surface area contributed by atoms with Gasteiger partial charge in [0.1, 0.15) is 0 Å². The summed E-state index contributed by atoms with van der Waals surface area (Å²) in [4.78, 5) is 0.242. The van der Waals surface area contributed by atoms with E-state index in [-0.39, 0.29) is 4.90 Å². The minimum absolute atomic E-state index is 0.242. The quantitative estimate of drug-likeness (QED) is 0.791. The summed E-state index contributed by atoms with van der Waals surface area (Å²) >= 11 is 2.13. The molecule has 0 saturated heterocycles. The standard InChI is InChI=1S/C13H13IN2O2S/c14-11-4-6-13(7-5-11)19(17,18)16-12-3-1-2-10(8-12)9-15/h1-8,16H,9,15H2. The lowest BCUT2D eigenvalue weighted by molar-refractivity contribution is 0.601. The van der Waals surface area contributed by atoms with Crippen molar-refractivity contribution in [3.63, 3.8) is 0 Å². The van der Waals surface area contributed by atoms with Gasteiger partial charge in [0.15, 0.2) is 0 Å². The number of benzene rings is 2. The molecule has 2 aromatic carbocycles. The molecule has 6 heteroatoms. The zero-order valence-corrected chi connectivity index (χ0v) is 13.0. The number of rotatable bonds is 4.